The third-order valence-corrected chi connectivity index (χ3v) is 3.25. The molecule has 0 spiro atoms. The van der Waals surface area contributed by atoms with E-state index in [1.54, 1.807) is 6.92 Å². The van der Waals surface area contributed by atoms with Crippen LogP contribution in [0.25, 0.3) is 0 Å². The molecule has 1 aromatic heterocycles. The molecule has 0 aliphatic heterocycles. The predicted octanol–water partition coefficient (Wildman–Crippen LogP) is 2.08. The minimum atomic E-state index is -0.435. The molecule has 1 rings (SSSR count). The first-order chi connectivity index (χ1) is 8.07. The van der Waals surface area contributed by atoms with Gasteiger partial charge >= 0.3 is 0 Å². The van der Waals surface area contributed by atoms with E-state index in [4.69, 9.17) is 0 Å². The maximum Gasteiger partial charge on any atom is 0.291 e. The van der Waals surface area contributed by atoms with E-state index in [0.29, 0.717) is 15.9 Å². The minimum absolute atomic E-state index is 0.0223. The first-order valence-electron chi connectivity index (χ1n) is 5.32. The number of nitro groups is 1. The number of rotatable bonds is 6. The van der Waals surface area contributed by atoms with E-state index in [0.717, 1.165) is 19.6 Å². The van der Waals surface area contributed by atoms with Crippen LogP contribution >= 0.6 is 15.9 Å². The van der Waals surface area contributed by atoms with Crippen molar-refractivity contribution in [2.24, 2.45) is 0 Å². The second-order valence-electron chi connectivity index (χ2n) is 3.47. The standard InChI is InChI=1S/C10H15BrN4O2/c1-3-12-4-5-13-10-9(11)7(2)8(6-14-10)15(16)17/h6,12H,3-5H2,1-2H3,(H,13,14). The van der Waals surface area contributed by atoms with Crippen LogP contribution in [-0.2, 0) is 0 Å². The van der Waals surface area contributed by atoms with Gasteiger partial charge in [0.25, 0.3) is 5.69 Å². The molecule has 17 heavy (non-hydrogen) atoms. The van der Waals surface area contributed by atoms with Crippen molar-refractivity contribution in [3.63, 3.8) is 0 Å². The van der Waals surface area contributed by atoms with E-state index >= 15 is 0 Å². The van der Waals surface area contributed by atoms with Crippen molar-refractivity contribution < 1.29 is 4.92 Å². The Labute approximate surface area is 108 Å². The van der Waals surface area contributed by atoms with Gasteiger partial charge in [-0.05, 0) is 29.4 Å². The van der Waals surface area contributed by atoms with Crippen LogP contribution in [0, 0.1) is 17.0 Å². The third-order valence-electron chi connectivity index (χ3n) is 2.28. The Morgan fingerprint density at radius 3 is 2.82 bits per heavy atom. The maximum atomic E-state index is 10.7. The van der Waals surface area contributed by atoms with Crippen LogP contribution in [0.4, 0.5) is 11.5 Å². The average molecular weight is 303 g/mol. The quantitative estimate of drug-likeness (QED) is 0.478. The van der Waals surface area contributed by atoms with E-state index in [-0.39, 0.29) is 5.69 Å². The van der Waals surface area contributed by atoms with Gasteiger partial charge in [0, 0.05) is 18.7 Å². The highest BCUT2D eigenvalue weighted by Crippen LogP contribution is 2.30. The van der Waals surface area contributed by atoms with Crippen molar-refractivity contribution >= 4 is 27.4 Å². The largest absolute Gasteiger partial charge is 0.368 e. The van der Waals surface area contributed by atoms with Crippen LogP contribution in [0.2, 0.25) is 0 Å². The van der Waals surface area contributed by atoms with Crippen LogP contribution in [0.3, 0.4) is 0 Å². The summed E-state index contributed by atoms with van der Waals surface area (Å²) in [6.07, 6.45) is 1.27. The molecule has 0 fully saturated rings. The predicted molar refractivity (Wildman–Crippen MR) is 70.4 cm³/mol. The normalized spacial score (nSPS) is 10.3. The van der Waals surface area contributed by atoms with Crippen LogP contribution in [0.5, 0.6) is 0 Å². The Morgan fingerprint density at radius 2 is 2.24 bits per heavy atom. The molecule has 1 aromatic rings. The lowest BCUT2D eigenvalue weighted by Gasteiger charge is -2.09. The molecule has 0 bridgehead atoms. The highest BCUT2D eigenvalue weighted by atomic mass is 79.9. The third kappa shape index (κ3) is 3.64. The SMILES string of the molecule is CCNCCNc1ncc([N+](=O)[O-])c(C)c1Br. The van der Waals surface area contributed by atoms with Crippen LogP contribution in [-0.4, -0.2) is 29.5 Å². The number of likely N-dealkylation sites (N-methyl/N-ethyl adjacent to an activating group) is 1. The molecule has 7 heteroatoms. The minimum Gasteiger partial charge on any atom is -0.368 e. The van der Waals surface area contributed by atoms with Crippen molar-refractivity contribution in [1.82, 2.24) is 10.3 Å². The summed E-state index contributed by atoms with van der Waals surface area (Å²) < 4.78 is 0.642. The summed E-state index contributed by atoms with van der Waals surface area (Å²) in [5.74, 6) is 0.631. The van der Waals surface area contributed by atoms with Gasteiger partial charge in [-0.3, -0.25) is 10.1 Å². The van der Waals surface area contributed by atoms with Crippen molar-refractivity contribution in [3.8, 4) is 0 Å². The summed E-state index contributed by atoms with van der Waals surface area (Å²) in [5, 5.41) is 17.0. The van der Waals surface area contributed by atoms with Crippen LogP contribution in [0.15, 0.2) is 10.7 Å². The first-order valence-corrected chi connectivity index (χ1v) is 6.11. The number of aromatic nitrogens is 1. The number of nitrogens with zero attached hydrogens (tertiary/aromatic N) is 2. The van der Waals surface area contributed by atoms with Gasteiger partial charge in [0.2, 0.25) is 0 Å². The zero-order chi connectivity index (χ0) is 12.8. The van der Waals surface area contributed by atoms with E-state index < -0.39 is 4.92 Å². The van der Waals surface area contributed by atoms with Crippen molar-refractivity contribution in [3.05, 3.63) is 26.3 Å². The summed E-state index contributed by atoms with van der Waals surface area (Å²) in [4.78, 5) is 14.3. The van der Waals surface area contributed by atoms with E-state index in [2.05, 4.69) is 31.5 Å². The smallest absolute Gasteiger partial charge is 0.291 e. The number of anilines is 1. The fourth-order valence-electron chi connectivity index (χ4n) is 1.32. The van der Waals surface area contributed by atoms with Gasteiger partial charge in [-0.25, -0.2) is 4.98 Å². The zero-order valence-electron chi connectivity index (χ0n) is 9.79. The molecular formula is C10H15BrN4O2. The molecule has 0 aliphatic rings. The molecule has 0 saturated carbocycles. The van der Waals surface area contributed by atoms with Gasteiger partial charge in [-0.15, -0.1) is 0 Å². The Bertz CT molecular complexity index is 412. The van der Waals surface area contributed by atoms with E-state index in [1.165, 1.54) is 6.20 Å². The summed E-state index contributed by atoms with van der Waals surface area (Å²) >= 11 is 3.32. The topological polar surface area (TPSA) is 80.1 Å². The Balaban J connectivity index is 2.75. The molecule has 0 aromatic carbocycles. The van der Waals surface area contributed by atoms with Crippen LogP contribution in [0.1, 0.15) is 12.5 Å². The van der Waals surface area contributed by atoms with Gasteiger partial charge in [0.1, 0.15) is 12.0 Å². The van der Waals surface area contributed by atoms with Gasteiger partial charge in [0.15, 0.2) is 0 Å². The number of hydrogen-bond acceptors (Lipinski definition) is 5. The summed E-state index contributed by atoms with van der Waals surface area (Å²) in [6.45, 7) is 6.18. The number of halogens is 1. The average Bonchev–Trinajstić information content (AvgIpc) is 2.29. The maximum absolute atomic E-state index is 10.7. The summed E-state index contributed by atoms with van der Waals surface area (Å²) in [5.41, 5.74) is 0.602. The molecule has 0 aliphatic carbocycles. The molecular weight excluding hydrogens is 288 g/mol. The van der Waals surface area contributed by atoms with Gasteiger partial charge in [0.05, 0.1) is 9.40 Å². The monoisotopic (exact) mass is 302 g/mol. The zero-order valence-corrected chi connectivity index (χ0v) is 11.4. The molecule has 2 N–H and O–H groups in total. The van der Waals surface area contributed by atoms with Gasteiger partial charge in [-0.1, -0.05) is 6.92 Å². The fourth-order valence-corrected chi connectivity index (χ4v) is 1.77. The lowest BCUT2D eigenvalue weighted by Crippen LogP contribution is -2.22. The highest BCUT2D eigenvalue weighted by Gasteiger charge is 2.16. The van der Waals surface area contributed by atoms with Gasteiger partial charge in [-0.2, -0.15) is 0 Å². The fraction of sp³-hybridized carbons (Fsp3) is 0.500. The molecule has 1 heterocycles. The Hall–Kier alpha value is -1.21. The summed E-state index contributed by atoms with van der Waals surface area (Å²) in [6, 6.07) is 0. The van der Waals surface area contributed by atoms with E-state index in [1.807, 2.05) is 6.92 Å². The van der Waals surface area contributed by atoms with Crippen LogP contribution < -0.4 is 10.6 Å². The molecule has 0 amide bonds. The van der Waals surface area contributed by atoms with Crippen molar-refractivity contribution in [2.75, 3.05) is 25.0 Å². The van der Waals surface area contributed by atoms with Crippen molar-refractivity contribution in [2.45, 2.75) is 13.8 Å². The lowest BCUT2D eigenvalue weighted by molar-refractivity contribution is -0.385. The molecule has 0 atom stereocenters. The second kappa shape index (κ2) is 6.51. The van der Waals surface area contributed by atoms with Crippen molar-refractivity contribution in [1.29, 1.82) is 0 Å². The number of nitrogens with one attached hydrogen (secondary N) is 2. The summed E-state index contributed by atoms with van der Waals surface area (Å²) in [7, 11) is 0. The molecule has 0 radical (unpaired) electrons. The number of pyridine rings is 1. The second-order valence-corrected chi connectivity index (χ2v) is 4.26. The Morgan fingerprint density at radius 1 is 1.53 bits per heavy atom. The molecule has 0 saturated heterocycles. The highest BCUT2D eigenvalue weighted by molar-refractivity contribution is 9.10. The first kappa shape index (κ1) is 13.9. The van der Waals surface area contributed by atoms with E-state index in [9.17, 15) is 10.1 Å². The lowest BCUT2D eigenvalue weighted by atomic mass is 10.2. The molecule has 0 unspecified atom stereocenters. The van der Waals surface area contributed by atoms with Gasteiger partial charge < -0.3 is 10.6 Å². The Kier molecular flexibility index (Phi) is 5.30. The number of hydrogen-bond donors (Lipinski definition) is 2. The molecule has 6 nitrogen and oxygen atoms in total. The molecule has 94 valence electrons.